The SMILES string of the molecule is CC(C)C1CC(NC2CCCC2)CN(C2CCCCC2)C1. The van der Waals surface area contributed by atoms with Crippen LogP contribution in [0.15, 0.2) is 0 Å². The van der Waals surface area contributed by atoms with E-state index in [0.717, 1.165) is 30.0 Å². The monoisotopic (exact) mass is 292 g/mol. The van der Waals surface area contributed by atoms with Gasteiger partial charge in [-0.1, -0.05) is 46.0 Å². The maximum absolute atomic E-state index is 4.03. The summed E-state index contributed by atoms with van der Waals surface area (Å²) >= 11 is 0. The Hall–Kier alpha value is -0.0800. The van der Waals surface area contributed by atoms with Gasteiger partial charge in [-0.05, 0) is 43.9 Å². The van der Waals surface area contributed by atoms with Crippen LogP contribution in [0.1, 0.15) is 78.1 Å². The molecular formula is C19H36N2. The van der Waals surface area contributed by atoms with E-state index >= 15 is 0 Å². The highest BCUT2D eigenvalue weighted by atomic mass is 15.2. The predicted molar refractivity (Wildman–Crippen MR) is 90.6 cm³/mol. The van der Waals surface area contributed by atoms with Crippen LogP contribution in [-0.4, -0.2) is 36.1 Å². The molecule has 122 valence electrons. The third-order valence-corrected chi connectivity index (χ3v) is 6.37. The molecule has 0 radical (unpaired) electrons. The fourth-order valence-electron chi connectivity index (χ4n) is 4.95. The minimum atomic E-state index is 0.760. The maximum atomic E-state index is 4.03. The summed E-state index contributed by atoms with van der Waals surface area (Å²) in [7, 11) is 0. The van der Waals surface area contributed by atoms with Gasteiger partial charge in [0.15, 0.2) is 0 Å². The fourth-order valence-corrected chi connectivity index (χ4v) is 4.95. The van der Waals surface area contributed by atoms with Crippen LogP contribution >= 0.6 is 0 Å². The van der Waals surface area contributed by atoms with E-state index in [-0.39, 0.29) is 0 Å². The number of likely N-dealkylation sites (tertiary alicyclic amines) is 1. The normalized spacial score (nSPS) is 33.9. The Morgan fingerprint density at radius 2 is 1.48 bits per heavy atom. The minimum Gasteiger partial charge on any atom is -0.310 e. The fraction of sp³-hybridized carbons (Fsp3) is 1.00. The van der Waals surface area contributed by atoms with Gasteiger partial charge >= 0.3 is 0 Å². The van der Waals surface area contributed by atoms with Crippen molar-refractivity contribution in [3.8, 4) is 0 Å². The van der Waals surface area contributed by atoms with Crippen molar-refractivity contribution in [2.24, 2.45) is 11.8 Å². The van der Waals surface area contributed by atoms with Crippen LogP contribution in [-0.2, 0) is 0 Å². The molecule has 1 saturated heterocycles. The number of piperidine rings is 1. The second kappa shape index (κ2) is 7.46. The maximum Gasteiger partial charge on any atom is 0.0200 e. The lowest BCUT2D eigenvalue weighted by atomic mass is 9.83. The van der Waals surface area contributed by atoms with Gasteiger partial charge in [0.2, 0.25) is 0 Å². The summed E-state index contributed by atoms with van der Waals surface area (Å²) in [4.78, 5) is 2.87. The lowest BCUT2D eigenvalue weighted by Gasteiger charge is -2.45. The van der Waals surface area contributed by atoms with Crippen molar-refractivity contribution in [1.29, 1.82) is 0 Å². The van der Waals surface area contributed by atoms with Crippen LogP contribution in [0, 0.1) is 11.8 Å². The molecule has 3 aliphatic rings. The largest absolute Gasteiger partial charge is 0.310 e. The molecule has 2 aliphatic carbocycles. The minimum absolute atomic E-state index is 0.760. The third-order valence-electron chi connectivity index (χ3n) is 6.37. The number of hydrogen-bond acceptors (Lipinski definition) is 2. The van der Waals surface area contributed by atoms with Crippen molar-refractivity contribution in [3.63, 3.8) is 0 Å². The van der Waals surface area contributed by atoms with Crippen molar-refractivity contribution in [2.45, 2.75) is 96.2 Å². The Kier molecular flexibility index (Phi) is 5.61. The molecule has 2 nitrogen and oxygen atoms in total. The predicted octanol–water partition coefficient (Wildman–Crippen LogP) is 4.20. The molecule has 21 heavy (non-hydrogen) atoms. The quantitative estimate of drug-likeness (QED) is 0.835. The van der Waals surface area contributed by atoms with E-state index in [1.165, 1.54) is 77.3 Å². The van der Waals surface area contributed by atoms with E-state index in [2.05, 4.69) is 24.1 Å². The molecular weight excluding hydrogens is 256 g/mol. The van der Waals surface area contributed by atoms with Crippen molar-refractivity contribution in [2.75, 3.05) is 13.1 Å². The molecule has 2 saturated carbocycles. The topological polar surface area (TPSA) is 15.3 Å². The molecule has 2 unspecified atom stereocenters. The van der Waals surface area contributed by atoms with Gasteiger partial charge in [0.25, 0.3) is 0 Å². The van der Waals surface area contributed by atoms with E-state index in [1.807, 2.05) is 0 Å². The Morgan fingerprint density at radius 1 is 0.810 bits per heavy atom. The van der Waals surface area contributed by atoms with Gasteiger partial charge in [0.1, 0.15) is 0 Å². The van der Waals surface area contributed by atoms with Gasteiger partial charge in [-0.2, -0.15) is 0 Å². The van der Waals surface area contributed by atoms with E-state index in [0.29, 0.717) is 0 Å². The summed E-state index contributed by atoms with van der Waals surface area (Å²) in [6.45, 7) is 7.55. The summed E-state index contributed by atoms with van der Waals surface area (Å²) < 4.78 is 0. The molecule has 0 bridgehead atoms. The molecule has 0 aromatic carbocycles. The molecule has 1 aliphatic heterocycles. The molecule has 3 rings (SSSR count). The molecule has 0 aromatic rings. The van der Waals surface area contributed by atoms with Crippen LogP contribution in [0.5, 0.6) is 0 Å². The van der Waals surface area contributed by atoms with E-state index in [9.17, 15) is 0 Å². The van der Waals surface area contributed by atoms with Crippen LogP contribution in [0.25, 0.3) is 0 Å². The van der Waals surface area contributed by atoms with Crippen LogP contribution in [0.2, 0.25) is 0 Å². The molecule has 0 aromatic heterocycles. The number of nitrogens with zero attached hydrogens (tertiary/aromatic N) is 1. The zero-order valence-corrected chi connectivity index (χ0v) is 14.3. The smallest absolute Gasteiger partial charge is 0.0200 e. The van der Waals surface area contributed by atoms with Gasteiger partial charge in [-0.25, -0.2) is 0 Å². The summed E-state index contributed by atoms with van der Waals surface area (Å²) in [5, 5.41) is 4.03. The highest BCUT2D eigenvalue weighted by Gasteiger charge is 2.34. The first-order valence-electron chi connectivity index (χ1n) is 9.72. The first-order valence-corrected chi connectivity index (χ1v) is 9.72. The molecule has 2 atom stereocenters. The van der Waals surface area contributed by atoms with Crippen molar-refractivity contribution in [1.82, 2.24) is 10.2 Å². The number of hydrogen-bond donors (Lipinski definition) is 1. The summed E-state index contributed by atoms with van der Waals surface area (Å²) in [5.74, 6) is 1.74. The average Bonchev–Trinajstić information content (AvgIpc) is 3.01. The van der Waals surface area contributed by atoms with E-state index in [4.69, 9.17) is 0 Å². The average molecular weight is 293 g/mol. The molecule has 0 spiro atoms. The first-order chi connectivity index (χ1) is 10.2. The highest BCUT2D eigenvalue weighted by Crippen LogP contribution is 2.31. The summed E-state index contributed by atoms with van der Waals surface area (Å²) in [6, 6.07) is 2.48. The van der Waals surface area contributed by atoms with Crippen molar-refractivity contribution < 1.29 is 0 Å². The van der Waals surface area contributed by atoms with Gasteiger partial charge in [0, 0.05) is 31.2 Å². The summed E-state index contributed by atoms with van der Waals surface area (Å²) in [5.41, 5.74) is 0. The first kappa shape index (κ1) is 15.8. The second-order valence-electron chi connectivity index (χ2n) is 8.33. The van der Waals surface area contributed by atoms with Crippen molar-refractivity contribution in [3.05, 3.63) is 0 Å². The lowest BCUT2D eigenvalue weighted by Crippen LogP contribution is -2.55. The van der Waals surface area contributed by atoms with Gasteiger partial charge in [0.05, 0.1) is 0 Å². The molecule has 3 fully saturated rings. The Bertz CT molecular complexity index is 301. The van der Waals surface area contributed by atoms with Gasteiger partial charge < -0.3 is 5.32 Å². The molecule has 2 heteroatoms. The molecule has 1 heterocycles. The zero-order valence-electron chi connectivity index (χ0n) is 14.3. The van der Waals surface area contributed by atoms with Gasteiger partial charge in [-0.3, -0.25) is 4.90 Å². The van der Waals surface area contributed by atoms with Crippen LogP contribution in [0.4, 0.5) is 0 Å². The lowest BCUT2D eigenvalue weighted by molar-refractivity contribution is 0.0589. The summed E-state index contributed by atoms with van der Waals surface area (Å²) in [6.07, 6.45) is 14.5. The Labute approximate surface area is 132 Å². The Morgan fingerprint density at radius 3 is 2.14 bits per heavy atom. The number of rotatable bonds is 4. The molecule has 1 N–H and O–H groups in total. The van der Waals surface area contributed by atoms with E-state index < -0.39 is 0 Å². The van der Waals surface area contributed by atoms with Crippen LogP contribution < -0.4 is 5.32 Å². The Balaban J connectivity index is 1.59. The second-order valence-corrected chi connectivity index (χ2v) is 8.33. The third kappa shape index (κ3) is 4.22. The highest BCUT2D eigenvalue weighted by molar-refractivity contribution is 4.91. The molecule has 0 amide bonds. The standard InChI is InChI=1S/C19H36N2/c1-15(2)16-12-18(20-17-8-6-7-9-17)14-21(13-16)19-10-4-3-5-11-19/h15-20H,3-14H2,1-2H3. The number of nitrogens with one attached hydrogen (secondary N) is 1. The van der Waals surface area contributed by atoms with Gasteiger partial charge in [-0.15, -0.1) is 0 Å². The van der Waals surface area contributed by atoms with E-state index in [1.54, 1.807) is 0 Å². The van der Waals surface area contributed by atoms with Crippen molar-refractivity contribution >= 4 is 0 Å². The zero-order chi connectivity index (χ0) is 14.7. The van der Waals surface area contributed by atoms with Crippen LogP contribution in [0.3, 0.4) is 0 Å².